The van der Waals surface area contributed by atoms with Crippen LogP contribution in [-0.4, -0.2) is 36.4 Å². The van der Waals surface area contributed by atoms with Gasteiger partial charge in [-0.2, -0.15) is 0 Å². The van der Waals surface area contributed by atoms with Gasteiger partial charge in [-0.1, -0.05) is 12.8 Å². The highest BCUT2D eigenvalue weighted by atomic mass is 16.5. The first-order chi connectivity index (χ1) is 7.76. The van der Waals surface area contributed by atoms with Crippen LogP contribution in [0.25, 0.3) is 0 Å². The Morgan fingerprint density at radius 2 is 2.12 bits per heavy atom. The largest absolute Gasteiger partial charge is 0.394 e. The molecule has 1 unspecified atom stereocenters. The standard InChI is InChI=1S/C12H21NO3/c14-9-12(5-1-2-6-12)13-11(15)10-4-3-7-16-8-10/h10,14H,1-9H2,(H,13,15). The second-order valence-electron chi connectivity index (χ2n) is 5.05. The molecule has 4 heteroatoms. The molecular formula is C12H21NO3. The van der Waals surface area contributed by atoms with Crippen LogP contribution in [0.4, 0.5) is 0 Å². The van der Waals surface area contributed by atoms with E-state index >= 15 is 0 Å². The molecule has 1 saturated heterocycles. The summed E-state index contributed by atoms with van der Waals surface area (Å²) in [6.07, 6.45) is 5.88. The van der Waals surface area contributed by atoms with Crippen LogP contribution in [0.2, 0.25) is 0 Å². The van der Waals surface area contributed by atoms with Gasteiger partial charge in [0.1, 0.15) is 0 Å². The van der Waals surface area contributed by atoms with E-state index in [2.05, 4.69) is 5.32 Å². The molecule has 0 aromatic heterocycles. The molecule has 0 aromatic carbocycles. The lowest BCUT2D eigenvalue weighted by Crippen LogP contribution is -2.52. The summed E-state index contributed by atoms with van der Waals surface area (Å²) in [5.74, 6) is 0.0495. The van der Waals surface area contributed by atoms with Crippen LogP contribution in [0.15, 0.2) is 0 Å². The Morgan fingerprint density at radius 3 is 2.69 bits per heavy atom. The molecule has 0 spiro atoms. The second kappa shape index (κ2) is 5.15. The number of hydrogen-bond acceptors (Lipinski definition) is 3. The zero-order chi connectivity index (χ0) is 11.4. The fourth-order valence-electron chi connectivity index (χ4n) is 2.69. The van der Waals surface area contributed by atoms with Crippen molar-refractivity contribution in [1.29, 1.82) is 0 Å². The summed E-state index contributed by atoms with van der Waals surface area (Å²) in [4.78, 5) is 12.0. The molecule has 92 valence electrons. The number of aliphatic hydroxyl groups excluding tert-OH is 1. The highest BCUT2D eigenvalue weighted by Gasteiger charge is 2.36. The van der Waals surface area contributed by atoms with Crippen molar-refractivity contribution in [3.63, 3.8) is 0 Å². The van der Waals surface area contributed by atoms with E-state index in [0.717, 1.165) is 45.1 Å². The summed E-state index contributed by atoms with van der Waals surface area (Å²) in [6, 6.07) is 0. The average Bonchev–Trinajstić information content (AvgIpc) is 2.79. The first-order valence-electron chi connectivity index (χ1n) is 6.26. The molecule has 2 aliphatic rings. The third kappa shape index (κ3) is 2.55. The topological polar surface area (TPSA) is 58.6 Å². The first-order valence-corrected chi connectivity index (χ1v) is 6.26. The Balaban J connectivity index is 1.89. The number of hydrogen-bond donors (Lipinski definition) is 2. The highest BCUT2D eigenvalue weighted by Crippen LogP contribution is 2.29. The maximum Gasteiger partial charge on any atom is 0.225 e. The van der Waals surface area contributed by atoms with E-state index in [1.807, 2.05) is 0 Å². The molecule has 0 aromatic rings. The molecule has 1 atom stereocenters. The van der Waals surface area contributed by atoms with Crippen molar-refractivity contribution in [3.8, 4) is 0 Å². The average molecular weight is 227 g/mol. The summed E-state index contributed by atoms with van der Waals surface area (Å²) >= 11 is 0. The molecule has 0 bridgehead atoms. The van der Waals surface area contributed by atoms with Crippen molar-refractivity contribution in [2.24, 2.45) is 5.92 Å². The summed E-state index contributed by atoms with van der Waals surface area (Å²) < 4.78 is 5.31. The minimum absolute atomic E-state index is 0.0159. The quantitative estimate of drug-likeness (QED) is 0.751. The molecule has 2 rings (SSSR count). The van der Waals surface area contributed by atoms with E-state index in [4.69, 9.17) is 4.74 Å². The summed E-state index contributed by atoms with van der Waals surface area (Å²) in [5.41, 5.74) is -0.339. The number of amides is 1. The third-order valence-electron chi connectivity index (χ3n) is 3.78. The number of carbonyl (C=O) groups is 1. The van der Waals surface area contributed by atoms with Crippen molar-refractivity contribution in [2.45, 2.75) is 44.1 Å². The zero-order valence-electron chi connectivity index (χ0n) is 9.71. The van der Waals surface area contributed by atoms with Gasteiger partial charge in [-0.25, -0.2) is 0 Å². The summed E-state index contributed by atoms with van der Waals surface area (Å²) in [7, 11) is 0. The Hall–Kier alpha value is -0.610. The van der Waals surface area contributed by atoms with Crippen molar-refractivity contribution in [2.75, 3.05) is 19.8 Å². The second-order valence-corrected chi connectivity index (χ2v) is 5.05. The maximum atomic E-state index is 12.0. The van der Waals surface area contributed by atoms with E-state index in [1.54, 1.807) is 0 Å². The number of carbonyl (C=O) groups excluding carboxylic acids is 1. The predicted octanol–water partition coefficient (Wildman–Crippen LogP) is 0.834. The molecule has 1 aliphatic carbocycles. The molecule has 1 aliphatic heterocycles. The van der Waals surface area contributed by atoms with Crippen LogP contribution in [0, 0.1) is 5.92 Å². The van der Waals surface area contributed by atoms with Gasteiger partial charge >= 0.3 is 0 Å². The smallest absolute Gasteiger partial charge is 0.225 e. The van der Waals surface area contributed by atoms with E-state index in [-0.39, 0.29) is 24.0 Å². The molecule has 2 fully saturated rings. The van der Waals surface area contributed by atoms with Crippen LogP contribution in [-0.2, 0) is 9.53 Å². The van der Waals surface area contributed by atoms with Crippen LogP contribution < -0.4 is 5.32 Å². The number of aliphatic hydroxyl groups is 1. The van der Waals surface area contributed by atoms with Gasteiger partial charge in [0.25, 0.3) is 0 Å². The maximum absolute atomic E-state index is 12.0. The Bertz CT molecular complexity index is 243. The van der Waals surface area contributed by atoms with Gasteiger partial charge < -0.3 is 15.2 Å². The number of ether oxygens (including phenoxy) is 1. The fraction of sp³-hybridized carbons (Fsp3) is 0.917. The van der Waals surface area contributed by atoms with Gasteiger partial charge in [0.05, 0.1) is 24.7 Å². The number of nitrogens with one attached hydrogen (secondary N) is 1. The Labute approximate surface area is 96.4 Å². The van der Waals surface area contributed by atoms with Crippen molar-refractivity contribution in [3.05, 3.63) is 0 Å². The molecule has 0 radical (unpaired) electrons. The van der Waals surface area contributed by atoms with Crippen LogP contribution >= 0.6 is 0 Å². The monoisotopic (exact) mass is 227 g/mol. The van der Waals surface area contributed by atoms with E-state index in [1.165, 1.54) is 0 Å². The minimum Gasteiger partial charge on any atom is -0.394 e. The van der Waals surface area contributed by atoms with E-state index < -0.39 is 0 Å². The number of rotatable bonds is 3. The summed E-state index contributed by atoms with van der Waals surface area (Å²) in [6.45, 7) is 1.37. The minimum atomic E-state index is -0.339. The molecule has 1 heterocycles. The predicted molar refractivity (Wildman–Crippen MR) is 60.0 cm³/mol. The van der Waals surface area contributed by atoms with Gasteiger partial charge in [-0.3, -0.25) is 4.79 Å². The zero-order valence-corrected chi connectivity index (χ0v) is 9.71. The normalized spacial score (nSPS) is 28.9. The van der Waals surface area contributed by atoms with Crippen LogP contribution in [0.5, 0.6) is 0 Å². The molecule has 1 amide bonds. The Morgan fingerprint density at radius 1 is 1.38 bits per heavy atom. The van der Waals surface area contributed by atoms with E-state index in [9.17, 15) is 9.90 Å². The molecule has 1 saturated carbocycles. The molecular weight excluding hydrogens is 206 g/mol. The highest BCUT2D eigenvalue weighted by molar-refractivity contribution is 5.79. The molecule has 16 heavy (non-hydrogen) atoms. The van der Waals surface area contributed by atoms with Gasteiger partial charge in [0, 0.05) is 6.61 Å². The van der Waals surface area contributed by atoms with Gasteiger partial charge in [0.2, 0.25) is 5.91 Å². The van der Waals surface area contributed by atoms with E-state index in [0.29, 0.717) is 6.61 Å². The van der Waals surface area contributed by atoms with Gasteiger partial charge in [-0.15, -0.1) is 0 Å². The van der Waals surface area contributed by atoms with Gasteiger partial charge in [0.15, 0.2) is 0 Å². The van der Waals surface area contributed by atoms with Crippen molar-refractivity contribution < 1.29 is 14.6 Å². The van der Waals surface area contributed by atoms with Crippen LogP contribution in [0.3, 0.4) is 0 Å². The molecule has 4 nitrogen and oxygen atoms in total. The molecule has 2 N–H and O–H groups in total. The first kappa shape index (κ1) is 11.9. The summed E-state index contributed by atoms with van der Waals surface area (Å²) in [5, 5.41) is 12.5. The fourth-order valence-corrected chi connectivity index (χ4v) is 2.69. The Kier molecular flexibility index (Phi) is 3.82. The lowest BCUT2D eigenvalue weighted by Gasteiger charge is -2.31. The lowest BCUT2D eigenvalue weighted by molar-refractivity contribution is -0.131. The lowest BCUT2D eigenvalue weighted by atomic mass is 9.95. The third-order valence-corrected chi connectivity index (χ3v) is 3.78. The van der Waals surface area contributed by atoms with Gasteiger partial charge in [-0.05, 0) is 25.7 Å². The van der Waals surface area contributed by atoms with Crippen LogP contribution in [0.1, 0.15) is 38.5 Å². The van der Waals surface area contributed by atoms with Crippen molar-refractivity contribution in [1.82, 2.24) is 5.32 Å². The SMILES string of the molecule is O=C(NC1(CO)CCCC1)C1CCCOC1. The van der Waals surface area contributed by atoms with Crippen molar-refractivity contribution >= 4 is 5.91 Å².